The summed E-state index contributed by atoms with van der Waals surface area (Å²) < 4.78 is 5.74. The molecule has 0 aromatic heterocycles. The molecule has 0 spiro atoms. The number of hydrogen-bond donors (Lipinski definition) is 1. The smallest absolute Gasteiger partial charge is 0.0703 e. The van der Waals surface area contributed by atoms with Crippen LogP contribution < -0.4 is 5.32 Å². The third kappa shape index (κ3) is 2.59. The molecule has 0 aromatic rings. The van der Waals surface area contributed by atoms with Crippen molar-refractivity contribution in [1.82, 2.24) is 10.2 Å². The molecular formula is C15H30N2O. The Hall–Kier alpha value is -0.120. The molecule has 0 radical (unpaired) electrons. The Labute approximate surface area is 112 Å². The molecule has 18 heavy (non-hydrogen) atoms. The standard InChI is InChI=1S/C15H30N2O/c1-11-12(8-10-18-11)17(5)13-7-6-9-15(2,3)14(13)16-4/h11-14,16H,6-10H2,1-5H3. The lowest BCUT2D eigenvalue weighted by molar-refractivity contribution is 0.0170. The first kappa shape index (κ1) is 14.3. The molecule has 0 aromatic carbocycles. The molecule has 3 heteroatoms. The van der Waals surface area contributed by atoms with Crippen LogP contribution in [-0.4, -0.2) is 49.8 Å². The highest BCUT2D eigenvalue weighted by Gasteiger charge is 2.42. The van der Waals surface area contributed by atoms with Gasteiger partial charge >= 0.3 is 0 Å². The summed E-state index contributed by atoms with van der Waals surface area (Å²) in [7, 11) is 4.42. The van der Waals surface area contributed by atoms with Gasteiger partial charge in [-0.25, -0.2) is 0 Å². The van der Waals surface area contributed by atoms with Crippen molar-refractivity contribution in [3.05, 3.63) is 0 Å². The number of hydrogen-bond acceptors (Lipinski definition) is 3. The molecule has 106 valence electrons. The maximum Gasteiger partial charge on any atom is 0.0703 e. The van der Waals surface area contributed by atoms with Gasteiger partial charge in [0.2, 0.25) is 0 Å². The molecule has 0 amide bonds. The Kier molecular flexibility index (Phi) is 4.35. The van der Waals surface area contributed by atoms with Crippen LogP contribution in [0.25, 0.3) is 0 Å². The predicted octanol–water partition coefficient (Wildman–Crippen LogP) is 2.26. The lowest BCUT2D eigenvalue weighted by Gasteiger charge is -2.49. The van der Waals surface area contributed by atoms with E-state index in [4.69, 9.17) is 4.74 Å². The zero-order valence-corrected chi connectivity index (χ0v) is 12.7. The van der Waals surface area contributed by atoms with Crippen LogP contribution >= 0.6 is 0 Å². The number of nitrogens with zero attached hydrogens (tertiary/aromatic N) is 1. The SMILES string of the molecule is CNC1C(N(C)C2CCOC2C)CCCC1(C)C. The molecule has 0 bridgehead atoms. The minimum Gasteiger partial charge on any atom is -0.377 e. The molecule has 4 atom stereocenters. The average molecular weight is 254 g/mol. The van der Waals surface area contributed by atoms with Crippen LogP contribution in [-0.2, 0) is 4.74 Å². The molecular weight excluding hydrogens is 224 g/mol. The fraction of sp³-hybridized carbons (Fsp3) is 1.00. The van der Waals surface area contributed by atoms with E-state index in [1.165, 1.54) is 25.7 Å². The van der Waals surface area contributed by atoms with Crippen molar-refractivity contribution in [2.75, 3.05) is 20.7 Å². The molecule has 3 nitrogen and oxygen atoms in total. The van der Waals surface area contributed by atoms with Gasteiger partial charge in [-0.3, -0.25) is 4.90 Å². The zero-order chi connectivity index (χ0) is 13.3. The van der Waals surface area contributed by atoms with Gasteiger partial charge in [-0.05, 0) is 45.7 Å². The van der Waals surface area contributed by atoms with E-state index in [-0.39, 0.29) is 0 Å². The van der Waals surface area contributed by atoms with Gasteiger partial charge in [-0.15, -0.1) is 0 Å². The monoisotopic (exact) mass is 254 g/mol. The Morgan fingerprint density at radius 1 is 1.22 bits per heavy atom. The zero-order valence-electron chi connectivity index (χ0n) is 12.7. The molecule has 4 unspecified atom stereocenters. The summed E-state index contributed by atoms with van der Waals surface area (Å²) in [5.74, 6) is 0. The second-order valence-corrected chi connectivity index (χ2v) is 6.81. The normalized spacial score (nSPS) is 40.3. The van der Waals surface area contributed by atoms with Crippen molar-refractivity contribution < 1.29 is 4.74 Å². The Balaban J connectivity index is 2.10. The van der Waals surface area contributed by atoms with Crippen LogP contribution in [0.5, 0.6) is 0 Å². The maximum atomic E-state index is 5.74. The third-order valence-electron chi connectivity index (χ3n) is 5.24. The molecule has 1 aliphatic heterocycles. The molecule has 2 fully saturated rings. The number of nitrogens with one attached hydrogen (secondary N) is 1. The number of ether oxygens (including phenoxy) is 1. The molecule has 1 N–H and O–H groups in total. The summed E-state index contributed by atoms with van der Waals surface area (Å²) in [6.07, 6.45) is 5.57. The molecule has 1 saturated heterocycles. The van der Waals surface area contributed by atoms with Gasteiger partial charge in [0.25, 0.3) is 0 Å². The fourth-order valence-electron chi connectivity index (χ4n) is 4.13. The summed E-state index contributed by atoms with van der Waals surface area (Å²) in [4.78, 5) is 2.60. The fourth-order valence-corrected chi connectivity index (χ4v) is 4.13. The topological polar surface area (TPSA) is 24.5 Å². The second kappa shape index (κ2) is 5.48. The van der Waals surface area contributed by atoms with Gasteiger partial charge in [0, 0.05) is 24.7 Å². The first-order valence-corrected chi connectivity index (χ1v) is 7.48. The van der Waals surface area contributed by atoms with Crippen molar-refractivity contribution in [2.24, 2.45) is 5.41 Å². The molecule has 1 saturated carbocycles. The largest absolute Gasteiger partial charge is 0.377 e. The first-order chi connectivity index (χ1) is 8.47. The van der Waals surface area contributed by atoms with Gasteiger partial charge in [-0.2, -0.15) is 0 Å². The Bertz CT molecular complexity index is 280. The van der Waals surface area contributed by atoms with Crippen molar-refractivity contribution >= 4 is 0 Å². The van der Waals surface area contributed by atoms with E-state index in [2.05, 4.69) is 45.1 Å². The summed E-state index contributed by atoms with van der Waals surface area (Å²) in [6, 6.07) is 1.83. The van der Waals surface area contributed by atoms with Crippen LogP contribution in [0.2, 0.25) is 0 Å². The summed E-state index contributed by atoms with van der Waals surface area (Å²) in [5.41, 5.74) is 0.397. The minimum atomic E-state index is 0.387. The highest BCUT2D eigenvalue weighted by molar-refractivity contribution is 4.99. The Morgan fingerprint density at radius 2 is 1.94 bits per heavy atom. The summed E-state index contributed by atoms with van der Waals surface area (Å²) in [5, 5.41) is 3.58. The minimum absolute atomic E-state index is 0.387. The van der Waals surface area contributed by atoms with Crippen molar-refractivity contribution in [1.29, 1.82) is 0 Å². The van der Waals surface area contributed by atoms with Gasteiger partial charge in [0.1, 0.15) is 0 Å². The van der Waals surface area contributed by atoms with Crippen LogP contribution in [0.15, 0.2) is 0 Å². The van der Waals surface area contributed by atoms with Gasteiger partial charge in [-0.1, -0.05) is 20.3 Å². The van der Waals surface area contributed by atoms with E-state index in [0.29, 0.717) is 29.6 Å². The number of likely N-dealkylation sites (N-methyl/N-ethyl adjacent to an activating group) is 2. The van der Waals surface area contributed by atoms with Crippen LogP contribution in [0, 0.1) is 5.41 Å². The predicted molar refractivity (Wildman–Crippen MR) is 75.8 cm³/mol. The van der Waals surface area contributed by atoms with E-state index in [9.17, 15) is 0 Å². The highest BCUT2D eigenvalue weighted by atomic mass is 16.5. The van der Waals surface area contributed by atoms with Crippen molar-refractivity contribution in [2.45, 2.75) is 70.7 Å². The lowest BCUT2D eigenvalue weighted by Crippen LogP contribution is -2.59. The molecule has 2 rings (SSSR count). The first-order valence-electron chi connectivity index (χ1n) is 7.48. The van der Waals surface area contributed by atoms with Gasteiger partial charge in [0.05, 0.1) is 6.10 Å². The molecule has 2 aliphatic rings. The van der Waals surface area contributed by atoms with Gasteiger partial charge < -0.3 is 10.1 Å². The van der Waals surface area contributed by atoms with Crippen LogP contribution in [0.1, 0.15) is 46.5 Å². The Morgan fingerprint density at radius 3 is 2.50 bits per heavy atom. The number of rotatable bonds is 3. The third-order valence-corrected chi connectivity index (χ3v) is 5.24. The highest BCUT2D eigenvalue weighted by Crippen LogP contribution is 2.38. The van der Waals surface area contributed by atoms with E-state index < -0.39 is 0 Å². The maximum absolute atomic E-state index is 5.74. The van der Waals surface area contributed by atoms with Crippen LogP contribution in [0.3, 0.4) is 0 Å². The lowest BCUT2D eigenvalue weighted by atomic mass is 9.70. The summed E-state index contributed by atoms with van der Waals surface area (Å²) in [6.45, 7) is 7.96. The van der Waals surface area contributed by atoms with E-state index in [0.717, 1.165) is 6.61 Å². The van der Waals surface area contributed by atoms with E-state index in [1.54, 1.807) is 0 Å². The quantitative estimate of drug-likeness (QED) is 0.836. The molecule has 1 heterocycles. The summed E-state index contributed by atoms with van der Waals surface area (Å²) >= 11 is 0. The average Bonchev–Trinajstić information content (AvgIpc) is 2.73. The van der Waals surface area contributed by atoms with Crippen molar-refractivity contribution in [3.8, 4) is 0 Å². The molecule has 1 aliphatic carbocycles. The van der Waals surface area contributed by atoms with Crippen LogP contribution in [0.4, 0.5) is 0 Å². The van der Waals surface area contributed by atoms with Gasteiger partial charge in [0.15, 0.2) is 0 Å². The van der Waals surface area contributed by atoms with E-state index >= 15 is 0 Å². The van der Waals surface area contributed by atoms with Crippen molar-refractivity contribution in [3.63, 3.8) is 0 Å². The van der Waals surface area contributed by atoms with E-state index in [1.807, 2.05) is 0 Å². The second-order valence-electron chi connectivity index (χ2n) is 6.81.